The van der Waals surface area contributed by atoms with Crippen LogP contribution in [-0.2, 0) is 16.6 Å². The van der Waals surface area contributed by atoms with E-state index >= 15 is 0 Å². The molecule has 0 aliphatic rings. The van der Waals surface area contributed by atoms with Crippen molar-refractivity contribution in [3.05, 3.63) is 47.4 Å². The fourth-order valence-corrected chi connectivity index (χ4v) is 3.21. The van der Waals surface area contributed by atoms with Gasteiger partial charge in [-0.3, -0.25) is 4.98 Å². The van der Waals surface area contributed by atoms with Crippen molar-refractivity contribution in [2.75, 3.05) is 19.4 Å². The minimum absolute atomic E-state index is 0.0584. The standard InChI is InChI=1S/C13H15ClN4O2S/c1-15-13-12(14)7-11(8-17-13)21(19,20)18(2)9-10-3-5-16-6-4-10/h3-8H,9H2,1-2H3,(H,15,17). The normalized spacial score (nSPS) is 11.6. The molecule has 112 valence electrons. The van der Waals surface area contributed by atoms with E-state index in [2.05, 4.69) is 15.3 Å². The Morgan fingerprint density at radius 1 is 1.33 bits per heavy atom. The summed E-state index contributed by atoms with van der Waals surface area (Å²) >= 11 is 5.98. The minimum Gasteiger partial charge on any atom is -0.372 e. The zero-order valence-electron chi connectivity index (χ0n) is 11.6. The van der Waals surface area contributed by atoms with Gasteiger partial charge in [0, 0.05) is 39.2 Å². The smallest absolute Gasteiger partial charge is 0.244 e. The summed E-state index contributed by atoms with van der Waals surface area (Å²) in [6.45, 7) is 0.246. The Hall–Kier alpha value is -1.70. The molecule has 0 amide bonds. The van der Waals surface area contributed by atoms with Gasteiger partial charge in [0.15, 0.2) is 0 Å². The molecule has 0 spiro atoms. The molecular formula is C13H15ClN4O2S. The van der Waals surface area contributed by atoms with Crippen molar-refractivity contribution in [1.29, 1.82) is 0 Å². The van der Waals surface area contributed by atoms with Crippen molar-refractivity contribution >= 4 is 27.4 Å². The number of halogens is 1. The number of rotatable bonds is 5. The van der Waals surface area contributed by atoms with E-state index in [1.54, 1.807) is 31.6 Å². The predicted octanol–water partition coefficient (Wildman–Crippen LogP) is 1.99. The number of hydrogen-bond acceptors (Lipinski definition) is 5. The average Bonchev–Trinajstić information content (AvgIpc) is 2.48. The number of pyridine rings is 2. The zero-order chi connectivity index (χ0) is 15.5. The Kier molecular flexibility index (Phi) is 4.76. The van der Waals surface area contributed by atoms with Crippen LogP contribution in [0.1, 0.15) is 5.56 Å². The fourth-order valence-electron chi connectivity index (χ4n) is 1.76. The Balaban J connectivity index is 2.27. The second kappa shape index (κ2) is 6.38. The first-order valence-electron chi connectivity index (χ1n) is 6.13. The van der Waals surface area contributed by atoms with Crippen LogP contribution >= 0.6 is 11.6 Å². The molecule has 2 aromatic heterocycles. The highest BCUT2D eigenvalue weighted by Gasteiger charge is 2.22. The van der Waals surface area contributed by atoms with Crippen molar-refractivity contribution in [1.82, 2.24) is 14.3 Å². The van der Waals surface area contributed by atoms with Gasteiger partial charge in [-0.1, -0.05) is 11.6 Å². The highest BCUT2D eigenvalue weighted by molar-refractivity contribution is 7.89. The van der Waals surface area contributed by atoms with Gasteiger partial charge >= 0.3 is 0 Å². The molecule has 2 heterocycles. The zero-order valence-corrected chi connectivity index (χ0v) is 13.2. The Bertz CT molecular complexity index is 722. The summed E-state index contributed by atoms with van der Waals surface area (Å²) in [5.41, 5.74) is 0.849. The van der Waals surface area contributed by atoms with Crippen LogP contribution in [0.4, 0.5) is 5.82 Å². The van der Waals surface area contributed by atoms with Gasteiger partial charge in [0.25, 0.3) is 0 Å². The van der Waals surface area contributed by atoms with Gasteiger partial charge in [-0.2, -0.15) is 4.31 Å². The second-order valence-electron chi connectivity index (χ2n) is 4.37. The molecule has 0 bridgehead atoms. The van der Waals surface area contributed by atoms with Gasteiger partial charge in [0.05, 0.1) is 5.02 Å². The maximum Gasteiger partial charge on any atom is 0.244 e. The van der Waals surface area contributed by atoms with Crippen LogP contribution in [0.25, 0.3) is 0 Å². The Morgan fingerprint density at radius 2 is 2.00 bits per heavy atom. The topological polar surface area (TPSA) is 75.2 Å². The quantitative estimate of drug-likeness (QED) is 0.909. The van der Waals surface area contributed by atoms with Crippen LogP contribution in [0.5, 0.6) is 0 Å². The molecule has 0 fully saturated rings. The summed E-state index contributed by atoms with van der Waals surface area (Å²) in [7, 11) is -0.472. The summed E-state index contributed by atoms with van der Waals surface area (Å²) in [6.07, 6.45) is 4.53. The van der Waals surface area contributed by atoms with Crippen LogP contribution < -0.4 is 5.32 Å². The molecule has 0 unspecified atom stereocenters. The second-order valence-corrected chi connectivity index (χ2v) is 6.82. The SMILES string of the molecule is CNc1ncc(S(=O)(=O)N(C)Cc2ccncc2)cc1Cl. The van der Waals surface area contributed by atoms with Gasteiger partial charge in [-0.25, -0.2) is 13.4 Å². The Morgan fingerprint density at radius 3 is 2.57 bits per heavy atom. The highest BCUT2D eigenvalue weighted by Crippen LogP contribution is 2.24. The third-order valence-electron chi connectivity index (χ3n) is 2.92. The van der Waals surface area contributed by atoms with E-state index in [0.29, 0.717) is 5.82 Å². The van der Waals surface area contributed by atoms with E-state index in [9.17, 15) is 8.42 Å². The molecule has 0 radical (unpaired) electrons. The number of nitrogens with zero attached hydrogens (tertiary/aromatic N) is 3. The molecule has 0 atom stereocenters. The maximum absolute atomic E-state index is 12.5. The number of hydrogen-bond donors (Lipinski definition) is 1. The van der Waals surface area contributed by atoms with E-state index in [1.165, 1.54) is 23.6 Å². The maximum atomic E-state index is 12.5. The first-order valence-corrected chi connectivity index (χ1v) is 7.95. The predicted molar refractivity (Wildman–Crippen MR) is 81.7 cm³/mol. The molecule has 8 heteroatoms. The average molecular weight is 327 g/mol. The molecule has 0 saturated heterocycles. The van der Waals surface area contributed by atoms with Crippen LogP contribution in [0.3, 0.4) is 0 Å². The summed E-state index contributed by atoms with van der Waals surface area (Å²) in [5.74, 6) is 0.437. The molecule has 21 heavy (non-hydrogen) atoms. The monoisotopic (exact) mass is 326 g/mol. The lowest BCUT2D eigenvalue weighted by Gasteiger charge is -2.17. The minimum atomic E-state index is -3.65. The summed E-state index contributed by atoms with van der Waals surface area (Å²) < 4.78 is 26.2. The van der Waals surface area contributed by atoms with E-state index in [1.807, 2.05) is 0 Å². The fraction of sp³-hybridized carbons (Fsp3) is 0.231. The van der Waals surface area contributed by atoms with Crippen molar-refractivity contribution in [3.63, 3.8) is 0 Å². The summed E-state index contributed by atoms with van der Waals surface area (Å²) in [4.78, 5) is 7.95. The molecule has 0 saturated carbocycles. The van der Waals surface area contributed by atoms with Crippen molar-refractivity contribution in [2.45, 2.75) is 11.4 Å². The van der Waals surface area contributed by atoms with E-state index < -0.39 is 10.0 Å². The lowest BCUT2D eigenvalue weighted by atomic mass is 10.3. The van der Waals surface area contributed by atoms with Gasteiger partial charge < -0.3 is 5.32 Å². The van der Waals surface area contributed by atoms with Crippen molar-refractivity contribution in [3.8, 4) is 0 Å². The number of aromatic nitrogens is 2. The largest absolute Gasteiger partial charge is 0.372 e. The third-order valence-corrected chi connectivity index (χ3v) is 4.97. The number of anilines is 1. The number of nitrogens with one attached hydrogen (secondary N) is 1. The molecule has 0 aliphatic heterocycles. The van der Waals surface area contributed by atoms with Crippen LogP contribution in [0.15, 0.2) is 41.7 Å². The van der Waals surface area contributed by atoms with Crippen LogP contribution in [0, 0.1) is 0 Å². The highest BCUT2D eigenvalue weighted by atomic mass is 35.5. The van der Waals surface area contributed by atoms with Gasteiger partial charge in [0.1, 0.15) is 10.7 Å². The van der Waals surface area contributed by atoms with Gasteiger partial charge in [-0.05, 0) is 23.8 Å². The van der Waals surface area contributed by atoms with Gasteiger partial charge in [0.2, 0.25) is 10.0 Å². The molecule has 2 rings (SSSR count). The molecule has 0 aliphatic carbocycles. The summed E-state index contributed by atoms with van der Waals surface area (Å²) in [6, 6.07) is 4.92. The lowest BCUT2D eigenvalue weighted by molar-refractivity contribution is 0.466. The van der Waals surface area contributed by atoms with E-state index in [-0.39, 0.29) is 16.5 Å². The van der Waals surface area contributed by atoms with Crippen molar-refractivity contribution in [2.24, 2.45) is 0 Å². The van der Waals surface area contributed by atoms with Crippen molar-refractivity contribution < 1.29 is 8.42 Å². The molecule has 2 aromatic rings. The summed E-state index contributed by atoms with van der Waals surface area (Å²) in [5, 5.41) is 3.04. The molecular weight excluding hydrogens is 312 g/mol. The molecule has 6 nitrogen and oxygen atoms in total. The third kappa shape index (κ3) is 3.49. The number of sulfonamides is 1. The van der Waals surface area contributed by atoms with Gasteiger partial charge in [-0.15, -0.1) is 0 Å². The molecule has 1 N–H and O–H groups in total. The lowest BCUT2D eigenvalue weighted by Crippen LogP contribution is -2.26. The van der Waals surface area contributed by atoms with Crippen LogP contribution in [-0.4, -0.2) is 36.8 Å². The first kappa shape index (κ1) is 15.7. The van der Waals surface area contributed by atoms with Crippen LogP contribution in [0.2, 0.25) is 5.02 Å². The van der Waals surface area contributed by atoms with E-state index in [0.717, 1.165) is 5.56 Å². The Labute approximate surface area is 128 Å². The van der Waals surface area contributed by atoms with E-state index in [4.69, 9.17) is 11.6 Å². The molecule has 0 aromatic carbocycles. The first-order chi connectivity index (χ1) is 9.95.